The molecule has 1 aliphatic heterocycles. The van der Waals surface area contributed by atoms with Crippen LogP contribution in [0.5, 0.6) is 11.5 Å². The van der Waals surface area contributed by atoms with E-state index in [-0.39, 0.29) is 5.57 Å². The van der Waals surface area contributed by atoms with E-state index in [0.717, 1.165) is 18.5 Å². The van der Waals surface area contributed by atoms with E-state index in [0.29, 0.717) is 40.4 Å². The summed E-state index contributed by atoms with van der Waals surface area (Å²) in [6, 6.07) is 17.2. The first-order valence-corrected chi connectivity index (χ1v) is 13.4. The highest BCUT2D eigenvalue weighted by molar-refractivity contribution is 14.1. The van der Waals surface area contributed by atoms with Crippen molar-refractivity contribution >= 4 is 84.1 Å². The number of halogens is 3. The Morgan fingerprint density at radius 1 is 0.944 bits per heavy atom. The second-order valence-corrected chi connectivity index (χ2v) is 10.6. The quantitative estimate of drug-likeness (QED) is 0.172. The number of urea groups is 1. The molecule has 4 rings (SSSR count). The molecule has 1 fully saturated rings. The second-order valence-electron chi connectivity index (χ2n) is 7.60. The van der Waals surface area contributed by atoms with Crippen molar-refractivity contribution < 1.29 is 23.9 Å². The summed E-state index contributed by atoms with van der Waals surface area (Å²) in [6.45, 7) is 2.58. The van der Waals surface area contributed by atoms with Crippen molar-refractivity contribution in [2.24, 2.45) is 0 Å². The highest BCUT2D eigenvalue weighted by atomic mass is 127. The van der Waals surface area contributed by atoms with E-state index in [4.69, 9.17) is 9.47 Å². The number of nitrogens with one attached hydrogen (secondary N) is 1. The van der Waals surface area contributed by atoms with Crippen LogP contribution in [0, 0.1) is 3.57 Å². The number of amides is 4. The van der Waals surface area contributed by atoms with Crippen LogP contribution in [-0.2, 0) is 16.2 Å². The van der Waals surface area contributed by atoms with Crippen LogP contribution >= 0.6 is 54.5 Å². The molecular formula is C26H19Br2IN2O5. The summed E-state index contributed by atoms with van der Waals surface area (Å²) in [5.41, 5.74) is 1.67. The van der Waals surface area contributed by atoms with Crippen molar-refractivity contribution in [1.29, 1.82) is 0 Å². The third kappa shape index (κ3) is 5.98. The van der Waals surface area contributed by atoms with E-state index in [9.17, 15) is 14.4 Å². The molecule has 184 valence electrons. The van der Waals surface area contributed by atoms with Gasteiger partial charge in [-0.1, -0.05) is 44.0 Å². The van der Waals surface area contributed by atoms with Gasteiger partial charge in [0.1, 0.15) is 12.2 Å². The molecular weight excluding hydrogens is 707 g/mol. The largest absolute Gasteiger partial charge is 0.490 e. The predicted molar refractivity (Wildman–Crippen MR) is 152 cm³/mol. The Bertz CT molecular complexity index is 1360. The fourth-order valence-corrected chi connectivity index (χ4v) is 4.48. The molecule has 7 nitrogen and oxygen atoms in total. The molecule has 1 N–H and O–H groups in total. The molecule has 0 aromatic heterocycles. The molecule has 10 heteroatoms. The molecule has 0 bridgehead atoms. The minimum atomic E-state index is -0.808. The zero-order valence-corrected chi connectivity index (χ0v) is 24.2. The number of anilines is 1. The normalized spacial score (nSPS) is 14.7. The van der Waals surface area contributed by atoms with Crippen LogP contribution in [0.4, 0.5) is 10.5 Å². The summed E-state index contributed by atoms with van der Waals surface area (Å²) in [7, 11) is 0. The van der Waals surface area contributed by atoms with E-state index in [2.05, 4.69) is 59.8 Å². The van der Waals surface area contributed by atoms with Gasteiger partial charge in [-0.05, 0) is 95.2 Å². The second kappa shape index (κ2) is 11.6. The average Bonchev–Trinajstić information content (AvgIpc) is 2.84. The first-order chi connectivity index (χ1) is 17.3. The van der Waals surface area contributed by atoms with E-state index >= 15 is 0 Å². The van der Waals surface area contributed by atoms with Gasteiger partial charge in [0.2, 0.25) is 0 Å². The van der Waals surface area contributed by atoms with Crippen molar-refractivity contribution in [3.8, 4) is 11.5 Å². The maximum absolute atomic E-state index is 13.2. The lowest BCUT2D eigenvalue weighted by Crippen LogP contribution is -2.54. The number of hydrogen-bond donors (Lipinski definition) is 1. The molecule has 1 heterocycles. The van der Waals surface area contributed by atoms with Gasteiger partial charge in [0, 0.05) is 12.5 Å². The number of carbonyl (C=O) groups is 3. The summed E-state index contributed by atoms with van der Waals surface area (Å²) >= 11 is 9.08. The van der Waals surface area contributed by atoms with Crippen LogP contribution in [0.2, 0.25) is 0 Å². The Labute approximate surface area is 238 Å². The lowest BCUT2D eigenvalue weighted by Gasteiger charge is -2.26. The lowest BCUT2D eigenvalue weighted by molar-refractivity contribution is -0.122. The van der Waals surface area contributed by atoms with E-state index in [1.54, 1.807) is 36.4 Å². The summed E-state index contributed by atoms with van der Waals surface area (Å²) in [5, 5.41) is 2.23. The topological polar surface area (TPSA) is 84.9 Å². The third-order valence-electron chi connectivity index (χ3n) is 5.16. The molecule has 0 aliphatic carbocycles. The van der Waals surface area contributed by atoms with E-state index < -0.39 is 17.8 Å². The summed E-state index contributed by atoms with van der Waals surface area (Å²) in [5.74, 6) is -0.532. The molecule has 0 unspecified atom stereocenters. The molecule has 3 aromatic rings. The zero-order chi connectivity index (χ0) is 25.8. The highest BCUT2D eigenvalue weighted by Gasteiger charge is 2.37. The molecule has 3 aromatic carbocycles. The van der Waals surface area contributed by atoms with E-state index in [1.807, 2.05) is 31.2 Å². The Kier molecular flexibility index (Phi) is 8.47. The highest BCUT2D eigenvalue weighted by Crippen LogP contribution is 2.36. The maximum atomic E-state index is 13.2. The van der Waals surface area contributed by atoms with Gasteiger partial charge in [-0.15, -0.1) is 0 Å². The van der Waals surface area contributed by atoms with E-state index in [1.165, 1.54) is 6.08 Å². The van der Waals surface area contributed by atoms with Crippen LogP contribution in [0.25, 0.3) is 6.08 Å². The molecule has 0 spiro atoms. The minimum Gasteiger partial charge on any atom is -0.490 e. The first-order valence-electron chi connectivity index (χ1n) is 10.8. The van der Waals surface area contributed by atoms with Crippen molar-refractivity contribution in [3.05, 3.63) is 89.9 Å². The number of benzene rings is 3. The smallest absolute Gasteiger partial charge is 0.335 e. The molecule has 0 saturated carbocycles. The van der Waals surface area contributed by atoms with Gasteiger partial charge in [0.25, 0.3) is 11.8 Å². The summed E-state index contributed by atoms with van der Waals surface area (Å²) < 4.78 is 14.3. The standard InChI is InChI=1S/C26H19Br2IN2O5/c1-2-35-22-12-16(21(28)13-23(22)36-14-15-3-7-18(29)8-4-15)11-20-24(32)30-26(34)31(25(20)33)19-9-5-17(27)6-10-19/h3-13H,2,14H2,1H3,(H,30,32,34)/b20-11+. The summed E-state index contributed by atoms with van der Waals surface area (Å²) in [6.07, 6.45) is 1.42. The van der Waals surface area contributed by atoms with Gasteiger partial charge in [0.15, 0.2) is 11.5 Å². The fourth-order valence-electron chi connectivity index (χ4n) is 3.42. The molecule has 4 amide bonds. The average molecular weight is 726 g/mol. The van der Waals surface area contributed by atoms with Crippen LogP contribution < -0.4 is 19.7 Å². The van der Waals surface area contributed by atoms with Gasteiger partial charge in [-0.2, -0.15) is 0 Å². The van der Waals surface area contributed by atoms with Gasteiger partial charge >= 0.3 is 6.03 Å². The van der Waals surface area contributed by atoms with Gasteiger partial charge in [0.05, 0.1) is 12.3 Å². The van der Waals surface area contributed by atoms with Crippen molar-refractivity contribution in [2.45, 2.75) is 13.5 Å². The van der Waals surface area contributed by atoms with Crippen LogP contribution in [0.3, 0.4) is 0 Å². The van der Waals surface area contributed by atoms with Crippen molar-refractivity contribution in [1.82, 2.24) is 5.32 Å². The van der Waals surface area contributed by atoms with Gasteiger partial charge < -0.3 is 9.47 Å². The number of carbonyl (C=O) groups excluding carboxylic acids is 3. The third-order valence-corrected chi connectivity index (χ3v) is 7.09. The minimum absolute atomic E-state index is 0.187. The van der Waals surface area contributed by atoms with Gasteiger partial charge in [-0.25, -0.2) is 9.69 Å². The molecule has 1 saturated heterocycles. The monoisotopic (exact) mass is 724 g/mol. The predicted octanol–water partition coefficient (Wildman–Crippen LogP) is 6.46. The Balaban J connectivity index is 1.65. The number of barbiturate groups is 1. The van der Waals surface area contributed by atoms with Crippen molar-refractivity contribution in [2.75, 3.05) is 11.5 Å². The number of nitrogens with zero attached hydrogens (tertiary/aromatic N) is 1. The molecule has 0 radical (unpaired) electrons. The SMILES string of the molecule is CCOc1cc(/C=C2\C(=O)NC(=O)N(c3ccc(Br)cc3)C2=O)c(Br)cc1OCc1ccc(I)cc1. The van der Waals surface area contributed by atoms with Crippen LogP contribution in [0.15, 0.2) is 75.2 Å². The summed E-state index contributed by atoms with van der Waals surface area (Å²) in [4.78, 5) is 39.2. The molecule has 0 atom stereocenters. The molecule has 1 aliphatic rings. The Hall–Kier alpha value is -2.70. The fraction of sp³-hybridized carbons (Fsp3) is 0.115. The number of imide groups is 2. The van der Waals surface area contributed by atoms with Crippen LogP contribution in [0.1, 0.15) is 18.1 Å². The number of hydrogen-bond acceptors (Lipinski definition) is 5. The maximum Gasteiger partial charge on any atom is 0.335 e. The number of rotatable bonds is 7. The van der Waals surface area contributed by atoms with Crippen LogP contribution in [-0.4, -0.2) is 24.5 Å². The van der Waals surface area contributed by atoms with Gasteiger partial charge in [-0.3, -0.25) is 14.9 Å². The Morgan fingerprint density at radius 2 is 1.61 bits per heavy atom. The molecule has 36 heavy (non-hydrogen) atoms. The zero-order valence-electron chi connectivity index (χ0n) is 18.9. The lowest BCUT2D eigenvalue weighted by atomic mass is 10.1. The van der Waals surface area contributed by atoms with Crippen molar-refractivity contribution in [3.63, 3.8) is 0 Å². The Morgan fingerprint density at radius 3 is 2.28 bits per heavy atom. The number of ether oxygens (including phenoxy) is 2. The first kappa shape index (κ1) is 26.4.